The molecular weight excluding hydrogens is 274 g/mol. The lowest BCUT2D eigenvalue weighted by Crippen LogP contribution is -2.49. The van der Waals surface area contributed by atoms with Crippen LogP contribution in [0.5, 0.6) is 0 Å². The van der Waals surface area contributed by atoms with E-state index in [-0.39, 0.29) is 12.0 Å². The van der Waals surface area contributed by atoms with Crippen LogP contribution >= 0.6 is 0 Å². The molecule has 0 bridgehead atoms. The minimum absolute atomic E-state index is 0.111. The van der Waals surface area contributed by atoms with Gasteiger partial charge in [0.2, 0.25) is 0 Å². The van der Waals surface area contributed by atoms with Gasteiger partial charge in [0.1, 0.15) is 0 Å². The molecule has 0 amide bonds. The average Bonchev–Trinajstić information content (AvgIpc) is 2.54. The van der Waals surface area contributed by atoms with Gasteiger partial charge in [-0.25, -0.2) is 0 Å². The molecule has 114 valence electrons. The number of methoxy groups -OCH3 is 1. The van der Waals surface area contributed by atoms with Crippen molar-refractivity contribution in [3.05, 3.63) is 71.8 Å². The number of hydrogen-bond donors (Lipinski definition) is 0. The van der Waals surface area contributed by atoms with E-state index in [0.29, 0.717) is 12.3 Å². The minimum Gasteiger partial charge on any atom is -0.469 e. The highest BCUT2D eigenvalue weighted by molar-refractivity contribution is 5.69. The first kappa shape index (κ1) is 14.8. The van der Waals surface area contributed by atoms with Crippen LogP contribution in [0.3, 0.4) is 0 Å². The summed E-state index contributed by atoms with van der Waals surface area (Å²) in [6.07, 6.45) is 0.517. The number of carbonyl (C=O) groups is 1. The molecule has 3 heteroatoms. The third-order valence-electron chi connectivity index (χ3n) is 4.26. The van der Waals surface area contributed by atoms with Crippen LogP contribution in [0.15, 0.2) is 60.7 Å². The van der Waals surface area contributed by atoms with E-state index in [1.165, 1.54) is 18.2 Å². The number of nitrogens with zero attached hydrogens (tertiary/aromatic N) is 1. The number of benzene rings is 2. The van der Waals surface area contributed by atoms with Crippen molar-refractivity contribution in [1.29, 1.82) is 0 Å². The Hall–Kier alpha value is -2.13. The number of ether oxygens (including phenoxy) is 1. The zero-order valence-corrected chi connectivity index (χ0v) is 12.8. The van der Waals surface area contributed by atoms with Gasteiger partial charge >= 0.3 is 5.97 Å². The second-order valence-corrected chi connectivity index (χ2v) is 5.82. The zero-order chi connectivity index (χ0) is 15.4. The highest BCUT2D eigenvalue weighted by atomic mass is 16.5. The summed E-state index contributed by atoms with van der Waals surface area (Å²) in [7, 11) is 1.45. The fraction of sp³-hybridized carbons (Fsp3) is 0.316. The van der Waals surface area contributed by atoms with E-state index in [0.717, 1.165) is 13.1 Å². The van der Waals surface area contributed by atoms with Gasteiger partial charge in [-0.15, -0.1) is 0 Å². The number of likely N-dealkylation sites (tertiary alicyclic amines) is 1. The molecule has 0 aromatic heterocycles. The third-order valence-corrected chi connectivity index (χ3v) is 4.26. The van der Waals surface area contributed by atoms with Crippen LogP contribution in [0.4, 0.5) is 0 Å². The van der Waals surface area contributed by atoms with Crippen LogP contribution in [0.2, 0.25) is 0 Å². The van der Waals surface area contributed by atoms with Crippen molar-refractivity contribution in [2.24, 2.45) is 5.92 Å². The molecule has 0 radical (unpaired) electrons. The van der Waals surface area contributed by atoms with Crippen LogP contribution in [-0.2, 0) is 9.53 Å². The molecule has 0 aliphatic carbocycles. The summed E-state index contributed by atoms with van der Waals surface area (Å²) in [6, 6.07) is 21.4. The lowest BCUT2D eigenvalue weighted by Gasteiger charge is -2.44. The summed E-state index contributed by atoms with van der Waals surface area (Å²) in [5.41, 5.74) is 2.59. The summed E-state index contributed by atoms with van der Waals surface area (Å²) in [5, 5.41) is 0. The second-order valence-electron chi connectivity index (χ2n) is 5.82. The van der Waals surface area contributed by atoms with Gasteiger partial charge in [0.05, 0.1) is 19.6 Å². The predicted octanol–water partition coefficient (Wildman–Crippen LogP) is 3.27. The van der Waals surface area contributed by atoms with Crippen LogP contribution in [-0.4, -0.2) is 31.1 Å². The maximum Gasteiger partial charge on any atom is 0.305 e. The molecule has 0 spiro atoms. The monoisotopic (exact) mass is 295 g/mol. The smallest absolute Gasteiger partial charge is 0.305 e. The SMILES string of the molecule is COC(=O)CC1CN(C(c2ccccc2)c2ccccc2)C1. The Bertz CT molecular complexity index is 566. The fourth-order valence-corrected chi connectivity index (χ4v) is 3.15. The second kappa shape index (κ2) is 6.75. The molecule has 0 atom stereocenters. The molecule has 2 aromatic carbocycles. The van der Waals surface area contributed by atoms with Crippen molar-refractivity contribution < 1.29 is 9.53 Å². The van der Waals surface area contributed by atoms with E-state index in [2.05, 4.69) is 53.4 Å². The Morgan fingerprint density at radius 1 is 1.05 bits per heavy atom. The van der Waals surface area contributed by atoms with Gasteiger partial charge in [-0.1, -0.05) is 60.7 Å². The van der Waals surface area contributed by atoms with E-state index in [1.54, 1.807) is 0 Å². The third kappa shape index (κ3) is 3.20. The molecular formula is C19H21NO2. The lowest BCUT2D eigenvalue weighted by molar-refractivity contribution is -0.143. The van der Waals surface area contributed by atoms with Gasteiger partial charge in [0.15, 0.2) is 0 Å². The lowest BCUT2D eigenvalue weighted by atomic mass is 9.89. The molecule has 2 aromatic rings. The number of rotatable bonds is 5. The van der Waals surface area contributed by atoms with Crippen LogP contribution in [0.1, 0.15) is 23.6 Å². The number of carbonyl (C=O) groups excluding carboxylic acids is 1. The van der Waals surface area contributed by atoms with Crippen LogP contribution in [0.25, 0.3) is 0 Å². The molecule has 22 heavy (non-hydrogen) atoms. The summed E-state index contributed by atoms with van der Waals surface area (Å²) in [4.78, 5) is 13.8. The predicted molar refractivity (Wildman–Crippen MR) is 86.4 cm³/mol. The Morgan fingerprint density at radius 3 is 2.00 bits per heavy atom. The van der Waals surface area contributed by atoms with Gasteiger partial charge in [0, 0.05) is 13.1 Å². The molecule has 1 aliphatic heterocycles. The van der Waals surface area contributed by atoms with Gasteiger partial charge in [-0.3, -0.25) is 9.69 Å². The van der Waals surface area contributed by atoms with E-state index < -0.39 is 0 Å². The summed E-state index contributed by atoms with van der Waals surface area (Å²) < 4.78 is 4.76. The largest absolute Gasteiger partial charge is 0.469 e. The highest BCUT2D eigenvalue weighted by Crippen LogP contribution is 2.35. The Kier molecular flexibility index (Phi) is 4.54. The fourth-order valence-electron chi connectivity index (χ4n) is 3.15. The van der Waals surface area contributed by atoms with E-state index in [9.17, 15) is 4.79 Å². The first-order valence-electron chi connectivity index (χ1n) is 7.68. The summed E-state index contributed by atoms with van der Waals surface area (Å²) in [5.74, 6) is 0.294. The molecule has 0 N–H and O–H groups in total. The standard InChI is InChI=1S/C19H21NO2/c1-22-18(21)12-15-13-20(14-15)19(16-8-4-2-5-9-16)17-10-6-3-7-11-17/h2-11,15,19H,12-14H2,1H3. The van der Waals surface area contributed by atoms with Crippen LogP contribution in [0, 0.1) is 5.92 Å². The van der Waals surface area contributed by atoms with Crippen molar-refractivity contribution in [2.45, 2.75) is 12.5 Å². The van der Waals surface area contributed by atoms with E-state index in [1.807, 2.05) is 12.1 Å². The van der Waals surface area contributed by atoms with Gasteiger partial charge in [-0.05, 0) is 17.0 Å². The molecule has 0 saturated carbocycles. The molecule has 0 unspecified atom stereocenters. The van der Waals surface area contributed by atoms with Crippen molar-refractivity contribution >= 4 is 5.97 Å². The molecule has 3 rings (SSSR count). The topological polar surface area (TPSA) is 29.5 Å². The molecule has 1 aliphatic rings. The van der Waals surface area contributed by atoms with Gasteiger partial charge in [0.25, 0.3) is 0 Å². The van der Waals surface area contributed by atoms with Gasteiger partial charge < -0.3 is 4.74 Å². The Balaban J connectivity index is 1.76. The Labute approximate surface area is 131 Å². The van der Waals surface area contributed by atoms with E-state index >= 15 is 0 Å². The number of esters is 1. The van der Waals surface area contributed by atoms with Crippen molar-refractivity contribution in [1.82, 2.24) is 4.90 Å². The highest BCUT2D eigenvalue weighted by Gasteiger charge is 2.35. The first-order valence-corrected chi connectivity index (χ1v) is 7.68. The number of hydrogen-bond acceptors (Lipinski definition) is 3. The first-order chi connectivity index (χ1) is 10.8. The zero-order valence-electron chi connectivity index (χ0n) is 12.8. The summed E-state index contributed by atoms with van der Waals surface area (Å²) >= 11 is 0. The molecule has 3 nitrogen and oxygen atoms in total. The minimum atomic E-state index is -0.111. The van der Waals surface area contributed by atoms with Gasteiger partial charge in [-0.2, -0.15) is 0 Å². The quantitative estimate of drug-likeness (QED) is 0.793. The molecule has 1 saturated heterocycles. The molecule has 1 fully saturated rings. The summed E-state index contributed by atoms with van der Waals surface area (Å²) in [6.45, 7) is 1.87. The van der Waals surface area contributed by atoms with Crippen molar-refractivity contribution in [2.75, 3.05) is 20.2 Å². The van der Waals surface area contributed by atoms with Crippen molar-refractivity contribution in [3.8, 4) is 0 Å². The van der Waals surface area contributed by atoms with Crippen molar-refractivity contribution in [3.63, 3.8) is 0 Å². The van der Waals surface area contributed by atoms with Crippen LogP contribution < -0.4 is 0 Å². The maximum atomic E-state index is 11.4. The maximum absolute atomic E-state index is 11.4. The van der Waals surface area contributed by atoms with E-state index in [4.69, 9.17) is 4.74 Å². The molecule has 1 heterocycles. The average molecular weight is 295 g/mol. The Morgan fingerprint density at radius 2 is 1.55 bits per heavy atom. The normalized spacial score (nSPS) is 15.5.